The molecule has 3 N–H and O–H groups in total. The molecule has 4 atom stereocenters. The van der Waals surface area contributed by atoms with Gasteiger partial charge in [-0.3, -0.25) is 28.8 Å². The molecule has 32 heteroatoms. The van der Waals surface area contributed by atoms with E-state index in [1.54, 1.807) is 27.7 Å². The second-order valence-electron chi connectivity index (χ2n) is 27.5. The normalized spacial score (nSPS) is 15.0. The van der Waals surface area contributed by atoms with Crippen LogP contribution in [0.3, 0.4) is 0 Å². The highest BCUT2D eigenvalue weighted by Gasteiger charge is 2.44. The Morgan fingerprint density at radius 2 is 0.821 bits per heavy atom. The van der Waals surface area contributed by atoms with Crippen LogP contribution >= 0.6 is 0 Å². The van der Waals surface area contributed by atoms with Crippen LogP contribution in [0.15, 0.2) is 58.4 Å². The molecule has 2 unspecified atom stereocenters. The van der Waals surface area contributed by atoms with E-state index in [9.17, 15) is 90.9 Å². The van der Waals surface area contributed by atoms with Crippen molar-refractivity contribution in [1.82, 2.24) is 29.6 Å². The largest absolute Gasteiger partial charge is 0.481 e. The number of nitrogens with one attached hydrogen (secondary N) is 2. The van der Waals surface area contributed by atoms with E-state index in [1.165, 1.54) is 60.6 Å². The van der Waals surface area contributed by atoms with E-state index in [0.717, 1.165) is 29.8 Å². The summed E-state index contributed by atoms with van der Waals surface area (Å²) < 4.78 is 272. The number of carboxylic acids is 1. The summed E-state index contributed by atoms with van der Waals surface area (Å²) in [6, 6.07) is -4.33. The zero-order chi connectivity index (χ0) is 79.5. The summed E-state index contributed by atoms with van der Waals surface area (Å²) in [5.74, 6) is -15.8. The van der Waals surface area contributed by atoms with E-state index < -0.39 is 188 Å². The molecule has 2 aliphatic rings. The predicted octanol–water partition coefficient (Wildman–Crippen LogP) is 16.6. The summed E-state index contributed by atoms with van der Waals surface area (Å²) in [5.41, 5.74) is -14.9. The minimum absolute atomic E-state index is 0.0898. The third-order valence-corrected chi connectivity index (χ3v) is 18.7. The quantitative estimate of drug-likeness (QED) is 0.0370. The molecular weight excluding hydrogens is 1440 g/mol. The van der Waals surface area contributed by atoms with Crippen LogP contribution in [0, 0.1) is 88.3 Å². The van der Waals surface area contributed by atoms with Gasteiger partial charge in [-0.1, -0.05) is 39.8 Å². The number of rotatable bonds is 25. The molecule has 106 heavy (non-hydrogen) atoms. The van der Waals surface area contributed by atoms with Crippen LogP contribution in [0.5, 0.6) is 0 Å². The SMILES string of the molecule is CCOC(=O)C[C@H](NC(=O)C(CC(C)C)n1cc(CCN2CCC2)c(C(F)(F)F)cc1=O)c1c(F)c(-c2c(C)cc(C)c(F)c2C)cc(C(F)(F)F)c1F.Cc1cc(C)c(-c2cc(C(F)(F)F)c(F)c([C@H](CC(=O)O)NC(=O)C(CC(C)C)n3cc(CCN4CCC4)c(C(F)(F)F)cc3=O)c2F)c(C)c1F. The van der Waals surface area contributed by atoms with E-state index in [1.807, 2.05) is 9.80 Å². The lowest BCUT2D eigenvalue weighted by Crippen LogP contribution is -2.41. The summed E-state index contributed by atoms with van der Waals surface area (Å²) in [4.78, 5) is 83.1. The summed E-state index contributed by atoms with van der Waals surface area (Å²) in [5, 5.41) is 14.0. The zero-order valence-electron chi connectivity index (χ0n) is 59.6. The third kappa shape index (κ3) is 19.5. The standard InChI is InChI=1S/C38H42F9N3O4.C36H38F9N3O4/c1-7-54-30(52)17-27(32-34(40)24(15-26(35(32)41)38(45,46)47)31-20(4)14-21(5)33(39)22(31)6)48-36(53)28(13-19(2)3)50-18-23(9-12-49-10-8-11-49)25(16-29(50)51)37(42,43)44;1-17(2)11-26(48-16-21(7-10-47-8-6-9-47)23(14-27(48)49)35(40,41)42)34(52)46-25(15-28(50)51)30-32(38)22(13-24(33(30)39)36(43,44)45)29-18(3)12-19(4)31(37)20(29)5/h14-16,18-19,27-28H,7-13,17H2,1-6H3,(H,48,53);12-14,16-17,25-26H,6-11,15H2,1-5H3,(H,46,52)(H,50,51)/t27-,28?;25-,26?/m00/s1. The number of alkyl halides is 12. The smallest absolute Gasteiger partial charge is 0.419 e. The Kier molecular flexibility index (Phi) is 26.8. The fourth-order valence-electron chi connectivity index (χ4n) is 13.4. The number of aliphatic carboxylic acids is 1. The summed E-state index contributed by atoms with van der Waals surface area (Å²) in [7, 11) is 0. The van der Waals surface area contributed by atoms with Crippen molar-refractivity contribution in [2.24, 2.45) is 11.8 Å². The second kappa shape index (κ2) is 33.6. The zero-order valence-corrected chi connectivity index (χ0v) is 59.6. The first kappa shape index (κ1) is 84.6. The van der Waals surface area contributed by atoms with Crippen LogP contribution in [-0.4, -0.2) is 93.7 Å². The first-order valence-corrected chi connectivity index (χ1v) is 33.9. The van der Waals surface area contributed by atoms with Crippen molar-refractivity contribution in [1.29, 1.82) is 0 Å². The molecule has 14 nitrogen and oxygen atoms in total. The number of carbonyl (C=O) groups excluding carboxylic acids is 3. The van der Waals surface area contributed by atoms with Crippen molar-refractivity contribution >= 4 is 23.8 Å². The summed E-state index contributed by atoms with van der Waals surface area (Å²) in [6.07, 6.45) is -20.5. The van der Waals surface area contributed by atoms with Gasteiger partial charge in [0, 0.05) is 59.9 Å². The second-order valence-corrected chi connectivity index (χ2v) is 27.5. The number of carboxylic acid groups (broad SMARTS) is 1. The molecule has 0 aliphatic carbocycles. The van der Waals surface area contributed by atoms with Crippen LogP contribution in [0.2, 0.25) is 0 Å². The fraction of sp³-hybridized carbons (Fsp3) is 0.486. The number of benzene rings is 4. The number of carbonyl (C=O) groups is 4. The summed E-state index contributed by atoms with van der Waals surface area (Å²) >= 11 is 0. The number of amides is 2. The van der Waals surface area contributed by atoms with Gasteiger partial charge in [0.05, 0.1) is 53.8 Å². The Morgan fingerprint density at radius 3 is 1.11 bits per heavy atom. The topological polar surface area (TPSA) is 172 Å². The van der Waals surface area contributed by atoms with Crippen LogP contribution in [0.25, 0.3) is 22.3 Å². The van der Waals surface area contributed by atoms with Crippen molar-refractivity contribution < 1.29 is 108 Å². The van der Waals surface area contributed by atoms with Gasteiger partial charge >= 0.3 is 36.6 Å². The van der Waals surface area contributed by atoms with E-state index >= 15 is 22.0 Å². The molecule has 6 aromatic rings. The Labute approximate surface area is 598 Å². The van der Waals surface area contributed by atoms with Gasteiger partial charge < -0.3 is 39.4 Å². The Balaban J connectivity index is 0.000000296. The maximum Gasteiger partial charge on any atom is 0.419 e. The first-order valence-electron chi connectivity index (χ1n) is 33.9. The highest BCUT2D eigenvalue weighted by atomic mass is 19.4. The van der Waals surface area contributed by atoms with Gasteiger partial charge in [0.2, 0.25) is 11.8 Å². The van der Waals surface area contributed by atoms with Gasteiger partial charge in [0.25, 0.3) is 11.1 Å². The number of ether oxygens (including phenoxy) is 1. The number of likely N-dealkylation sites (tertiary alicyclic amines) is 2. The maximum absolute atomic E-state index is 16.7. The Bertz CT molecular complexity index is 4420. The molecule has 4 heterocycles. The van der Waals surface area contributed by atoms with Crippen LogP contribution in [0.1, 0.15) is 175 Å². The number of pyridine rings is 2. The monoisotopic (exact) mass is 1520 g/mol. The summed E-state index contributed by atoms with van der Waals surface area (Å²) in [6.45, 7) is 18.6. The lowest BCUT2D eigenvalue weighted by Gasteiger charge is -2.31. The molecule has 0 saturated carbocycles. The van der Waals surface area contributed by atoms with Crippen molar-refractivity contribution in [3.05, 3.63) is 182 Å². The number of esters is 1. The van der Waals surface area contributed by atoms with Gasteiger partial charge in [-0.15, -0.1) is 0 Å². The van der Waals surface area contributed by atoms with Crippen LogP contribution in [0.4, 0.5) is 79.0 Å². The van der Waals surface area contributed by atoms with E-state index in [2.05, 4.69) is 10.6 Å². The minimum atomic E-state index is -5.47. The van der Waals surface area contributed by atoms with Gasteiger partial charge in [-0.05, 0) is 193 Å². The number of hydrogen-bond acceptors (Lipinski definition) is 9. The number of hydrogen-bond donors (Lipinski definition) is 3. The molecule has 580 valence electrons. The molecule has 2 fully saturated rings. The van der Waals surface area contributed by atoms with Gasteiger partial charge in [0.1, 0.15) is 47.0 Å². The lowest BCUT2D eigenvalue weighted by atomic mass is 9.88. The highest BCUT2D eigenvalue weighted by molar-refractivity contribution is 5.84. The maximum atomic E-state index is 16.7. The average Bonchev–Trinajstić information content (AvgIpc) is 0.756. The molecule has 2 aromatic heterocycles. The van der Waals surface area contributed by atoms with Crippen molar-refractivity contribution in [2.75, 3.05) is 45.9 Å². The molecule has 0 spiro atoms. The van der Waals surface area contributed by atoms with Crippen LogP contribution in [-0.2, 0) is 61.5 Å². The van der Waals surface area contributed by atoms with E-state index in [4.69, 9.17) is 4.74 Å². The lowest BCUT2D eigenvalue weighted by molar-refractivity contribution is -0.144. The number of aromatic nitrogens is 2. The Hall–Kier alpha value is -8.68. The van der Waals surface area contributed by atoms with Gasteiger partial charge in [-0.25, -0.2) is 26.3 Å². The average molecular weight is 1520 g/mol. The van der Waals surface area contributed by atoms with Gasteiger partial charge in [-0.2, -0.15) is 52.7 Å². The third-order valence-electron chi connectivity index (χ3n) is 18.7. The Morgan fingerprint density at radius 1 is 0.481 bits per heavy atom. The number of nitrogens with zero attached hydrogens (tertiary/aromatic N) is 4. The molecular formula is C74H80F18N6O8. The molecule has 4 aromatic carbocycles. The van der Waals surface area contributed by atoms with Crippen LogP contribution < -0.4 is 21.8 Å². The molecule has 0 radical (unpaired) electrons. The minimum Gasteiger partial charge on any atom is -0.481 e. The van der Waals surface area contributed by atoms with Crippen molar-refractivity contribution in [3.63, 3.8) is 0 Å². The fourth-order valence-corrected chi connectivity index (χ4v) is 13.4. The molecule has 0 bridgehead atoms. The predicted molar refractivity (Wildman–Crippen MR) is 355 cm³/mol. The van der Waals surface area contributed by atoms with Crippen molar-refractivity contribution in [2.45, 2.75) is 176 Å². The molecule has 2 amide bonds. The first-order chi connectivity index (χ1) is 49.1. The molecule has 8 rings (SSSR count). The van der Waals surface area contributed by atoms with E-state index in [-0.39, 0.29) is 113 Å². The van der Waals surface area contributed by atoms with Gasteiger partial charge in [0.15, 0.2) is 0 Å². The molecule has 2 aliphatic heterocycles. The van der Waals surface area contributed by atoms with E-state index in [0.29, 0.717) is 42.9 Å². The number of aryl methyl sites for hydroxylation is 4. The number of halogens is 18. The van der Waals surface area contributed by atoms with Crippen molar-refractivity contribution in [3.8, 4) is 22.3 Å². The molecule has 2 saturated heterocycles. The highest BCUT2D eigenvalue weighted by Crippen LogP contribution is 2.46.